The zero-order valence-corrected chi connectivity index (χ0v) is 13.7. The summed E-state index contributed by atoms with van der Waals surface area (Å²) in [6.07, 6.45) is -2.98. The van der Waals surface area contributed by atoms with Gasteiger partial charge < -0.3 is 10.1 Å². The van der Waals surface area contributed by atoms with Gasteiger partial charge in [0.1, 0.15) is 10.6 Å². The molecule has 1 rings (SSSR count). The Balaban J connectivity index is 3.12. The summed E-state index contributed by atoms with van der Waals surface area (Å²) >= 11 is 1.09. The highest BCUT2D eigenvalue weighted by molar-refractivity contribution is 7.11. The van der Waals surface area contributed by atoms with E-state index in [1.165, 1.54) is 0 Å². The fraction of sp³-hybridized carbons (Fsp3) is 0.786. The van der Waals surface area contributed by atoms with Crippen LogP contribution < -0.4 is 5.32 Å². The van der Waals surface area contributed by atoms with Crippen molar-refractivity contribution in [3.63, 3.8) is 0 Å². The lowest BCUT2D eigenvalue weighted by Gasteiger charge is -2.25. The summed E-state index contributed by atoms with van der Waals surface area (Å²) in [5.74, 6) is 0. The smallest absolute Gasteiger partial charge is 0.368 e. The molecule has 0 aromatic carbocycles. The Bertz CT molecular complexity index is 448. The Hall–Kier alpha value is -0.660. The SMILES string of the molecule is CCCNCc1sc(C(C)(CC)OCC)nc1C(F)(F)F. The monoisotopic (exact) mass is 324 g/mol. The van der Waals surface area contributed by atoms with E-state index in [0.29, 0.717) is 24.6 Å². The van der Waals surface area contributed by atoms with Crippen LogP contribution in [0.4, 0.5) is 13.2 Å². The van der Waals surface area contributed by atoms with Crippen LogP contribution >= 0.6 is 11.3 Å². The largest absolute Gasteiger partial charge is 0.434 e. The average molecular weight is 324 g/mol. The lowest BCUT2D eigenvalue weighted by molar-refractivity contribution is -0.141. The third-order valence-electron chi connectivity index (χ3n) is 3.27. The summed E-state index contributed by atoms with van der Waals surface area (Å²) in [6, 6.07) is 0. The minimum absolute atomic E-state index is 0.187. The van der Waals surface area contributed by atoms with Crippen molar-refractivity contribution in [1.82, 2.24) is 10.3 Å². The number of rotatable bonds is 8. The van der Waals surface area contributed by atoms with Crippen molar-refractivity contribution in [1.29, 1.82) is 0 Å². The number of nitrogens with zero attached hydrogens (tertiary/aromatic N) is 1. The summed E-state index contributed by atoms with van der Waals surface area (Å²) in [6.45, 7) is 8.79. The van der Waals surface area contributed by atoms with Gasteiger partial charge in [0.2, 0.25) is 0 Å². The van der Waals surface area contributed by atoms with Crippen molar-refractivity contribution in [3.8, 4) is 0 Å². The fourth-order valence-corrected chi connectivity index (χ4v) is 3.15. The molecular formula is C14H23F3N2OS. The van der Waals surface area contributed by atoms with E-state index < -0.39 is 17.5 Å². The molecule has 0 fully saturated rings. The van der Waals surface area contributed by atoms with Crippen LogP contribution in [-0.4, -0.2) is 18.1 Å². The van der Waals surface area contributed by atoms with E-state index in [9.17, 15) is 13.2 Å². The van der Waals surface area contributed by atoms with E-state index in [0.717, 1.165) is 17.8 Å². The van der Waals surface area contributed by atoms with Crippen molar-refractivity contribution < 1.29 is 17.9 Å². The first-order valence-electron chi connectivity index (χ1n) is 7.20. The van der Waals surface area contributed by atoms with Crippen LogP contribution in [0.3, 0.4) is 0 Å². The second-order valence-corrected chi connectivity index (χ2v) is 6.07. The summed E-state index contributed by atoms with van der Waals surface area (Å²) in [5.41, 5.74) is -1.55. The first-order valence-corrected chi connectivity index (χ1v) is 8.02. The number of aromatic nitrogens is 1. The second kappa shape index (κ2) is 7.56. The van der Waals surface area contributed by atoms with Crippen molar-refractivity contribution >= 4 is 11.3 Å². The maximum atomic E-state index is 13.1. The molecule has 7 heteroatoms. The van der Waals surface area contributed by atoms with Gasteiger partial charge in [-0.25, -0.2) is 4.98 Å². The Morgan fingerprint density at radius 2 is 1.90 bits per heavy atom. The van der Waals surface area contributed by atoms with Crippen LogP contribution in [0.1, 0.15) is 56.1 Å². The van der Waals surface area contributed by atoms with Gasteiger partial charge in [-0.2, -0.15) is 13.2 Å². The van der Waals surface area contributed by atoms with Gasteiger partial charge in [-0.05, 0) is 33.2 Å². The molecule has 1 N–H and O–H groups in total. The number of alkyl halides is 3. The molecule has 0 saturated carbocycles. The van der Waals surface area contributed by atoms with Crippen LogP contribution in [0, 0.1) is 0 Å². The first-order chi connectivity index (χ1) is 9.78. The molecule has 0 aliphatic carbocycles. The van der Waals surface area contributed by atoms with Gasteiger partial charge >= 0.3 is 6.18 Å². The minimum Gasteiger partial charge on any atom is -0.368 e. The molecule has 1 unspecified atom stereocenters. The van der Waals surface area contributed by atoms with Gasteiger partial charge in [-0.1, -0.05) is 13.8 Å². The van der Waals surface area contributed by atoms with E-state index in [4.69, 9.17) is 4.74 Å². The summed E-state index contributed by atoms with van der Waals surface area (Å²) < 4.78 is 45.0. The molecule has 122 valence electrons. The predicted molar refractivity (Wildman–Crippen MR) is 78.4 cm³/mol. The maximum absolute atomic E-state index is 13.1. The van der Waals surface area contributed by atoms with Gasteiger partial charge in [0.15, 0.2) is 5.69 Å². The van der Waals surface area contributed by atoms with E-state index in [-0.39, 0.29) is 11.4 Å². The van der Waals surface area contributed by atoms with E-state index >= 15 is 0 Å². The Morgan fingerprint density at radius 1 is 1.24 bits per heavy atom. The maximum Gasteiger partial charge on any atom is 0.434 e. The molecule has 0 amide bonds. The van der Waals surface area contributed by atoms with Gasteiger partial charge in [0.05, 0.1) is 4.88 Å². The molecule has 1 aromatic heterocycles. The lowest BCUT2D eigenvalue weighted by atomic mass is 10.0. The van der Waals surface area contributed by atoms with Crippen molar-refractivity contribution in [2.75, 3.05) is 13.2 Å². The van der Waals surface area contributed by atoms with Gasteiger partial charge in [-0.3, -0.25) is 0 Å². The minimum atomic E-state index is -4.43. The number of hydrogen-bond donors (Lipinski definition) is 1. The number of nitrogens with one attached hydrogen (secondary N) is 1. The normalized spacial score (nSPS) is 15.2. The molecule has 1 atom stereocenters. The number of halogens is 3. The highest BCUT2D eigenvalue weighted by Crippen LogP contribution is 2.39. The molecule has 1 heterocycles. The van der Waals surface area contributed by atoms with Crippen molar-refractivity contribution in [3.05, 3.63) is 15.6 Å². The molecular weight excluding hydrogens is 301 g/mol. The Morgan fingerprint density at radius 3 is 2.38 bits per heavy atom. The Kier molecular flexibility index (Phi) is 6.62. The van der Waals surface area contributed by atoms with Crippen LogP contribution in [0.5, 0.6) is 0 Å². The summed E-state index contributed by atoms with van der Waals surface area (Å²) in [4.78, 5) is 4.08. The molecule has 3 nitrogen and oxygen atoms in total. The zero-order valence-electron chi connectivity index (χ0n) is 12.9. The van der Waals surface area contributed by atoms with E-state index in [1.54, 1.807) is 6.92 Å². The third-order valence-corrected chi connectivity index (χ3v) is 4.57. The van der Waals surface area contributed by atoms with Crippen LogP contribution in [0.2, 0.25) is 0 Å². The summed E-state index contributed by atoms with van der Waals surface area (Å²) in [7, 11) is 0. The average Bonchev–Trinajstić information content (AvgIpc) is 2.84. The number of thiazole rings is 1. The number of hydrogen-bond acceptors (Lipinski definition) is 4. The third kappa shape index (κ3) is 4.66. The topological polar surface area (TPSA) is 34.1 Å². The summed E-state index contributed by atoms with van der Waals surface area (Å²) in [5, 5.41) is 3.40. The highest BCUT2D eigenvalue weighted by Gasteiger charge is 2.40. The van der Waals surface area contributed by atoms with Gasteiger partial charge in [0.25, 0.3) is 0 Å². The van der Waals surface area contributed by atoms with Gasteiger partial charge in [-0.15, -0.1) is 11.3 Å². The fourth-order valence-electron chi connectivity index (χ4n) is 1.93. The van der Waals surface area contributed by atoms with Crippen molar-refractivity contribution in [2.24, 2.45) is 0 Å². The van der Waals surface area contributed by atoms with Crippen LogP contribution in [0.25, 0.3) is 0 Å². The molecule has 0 aliphatic heterocycles. The van der Waals surface area contributed by atoms with Crippen LogP contribution in [-0.2, 0) is 23.1 Å². The highest BCUT2D eigenvalue weighted by atomic mass is 32.1. The zero-order chi connectivity index (χ0) is 16.1. The molecule has 0 radical (unpaired) electrons. The lowest BCUT2D eigenvalue weighted by Crippen LogP contribution is -2.25. The molecule has 0 saturated heterocycles. The van der Waals surface area contributed by atoms with Gasteiger partial charge in [0, 0.05) is 13.2 Å². The molecule has 0 spiro atoms. The quantitative estimate of drug-likeness (QED) is 0.723. The Labute approximate surface area is 127 Å². The first kappa shape index (κ1) is 18.4. The number of ether oxygens (including phenoxy) is 1. The second-order valence-electron chi connectivity index (χ2n) is 4.98. The van der Waals surface area contributed by atoms with Crippen molar-refractivity contribution in [2.45, 2.75) is 58.9 Å². The standard InChI is InChI=1S/C14H23F3N2OS/c1-5-8-18-9-10-11(14(15,16)17)19-12(21-10)13(4,6-2)20-7-3/h18H,5-9H2,1-4H3. The molecule has 21 heavy (non-hydrogen) atoms. The molecule has 0 aliphatic rings. The molecule has 0 bridgehead atoms. The van der Waals surface area contributed by atoms with E-state index in [2.05, 4.69) is 10.3 Å². The molecule has 1 aromatic rings. The van der Waals surface area contributed by atoms with Crippen LogP contribution in [0.15, 0.2) is 0 Å². The predicted octanol–water partition coefficient (Wildman–Crippen LogP) is 4.32. The van der Waals surface area contributed by atoms with E-state index in [1.807, 2.05) is 20.8 Å².